The molecule has 0 radical (unpaired) electrons. The number of rotatable bonds is 3. The van der Waals surface area contributed by atoms with Crippen LogP contribution in [0, 0.1) is 0 Å². The minimum absolute atomic E-state index is 0.211. The number of carbonyl (C=O) groups excluding carboxylic acids is 1. The van der Waals surface area contributed by atoms with Gasteiger partial charge in [0.15, 0.2) is 0 Å². The lowest BCUT2D eigenvalue weighted by Crippen LogP contribution is -2.17. The molecule has 92 valence electrons. The van der Waals surface area contributed by atoms with Crippen molar-refractivity contribution in [3.63, 3.8) is 0 Å². The van der Waals surface area contributed by atoms with Crippen LogP contribution in [-0.2, 0) is 16.0 Å². The maximum Gasteiger partial charge on any atom is 0.303 e. The summed E-state index contributed by atoms with van der Waals surface area (Å²) in [6.45, 7) is 4.02. The molecule has 0 fully saturated rings. The standard InChI is InChI=1S/C13H17NO3/c1-3-16-11-7-8-14-13-10(11)5-4-6-12(13)17-9(2)15/h7-8,12H,3-6H2,1-2H3. The Morgan fingerprint density at radius 1 is 1.59 bits per heavy atom. The SMILES string of the molecule is CCOc1ccnc2c1CCCC2OC(C)=O. The smallest absolute Gasteiger partial charge is 0.303 e. The van der Waals surface area contributed by atoms with Crippen molar-refractivity contribution in [2.24, 2.45) is 0 Å². The number of hydrogen-bond acceptors (Lipinski definition) is 4. The second kappa shape index (κ2) is 5.17. The zero-order valence-electron chi connectivity index (χ0n) is 10.2. The summed E-state index contributed by atoms with van der Waals surface area (Å²) in [5, 5.41) is 0. The van der Waals surface area contributed by atoms with E-state index >= 15 is 0 Å². The highest BCUT2D eigenvalue weighted by Crippen LogP contribution is 2.35. The molecular formula is C13H17NO3. The van der Waals surface area contributed by atoms with Crippen LogP contribution in [0.15, 0.2) is 12.3 Å². The summed E-state index contributed by atoms with van der Waals surface area (Å²) >= 11 is 0. The molecule has 4 heteroatoms. The molecule has 0 bridgehead atoms. The third kappa shape index (κ3) is 2.57. The van der Waals surface area contributed by atoms with E-state index in [0.717, 1.165) is 36.3 Å². The molecule has 1 heterocycles. The Hall–Kier alpha value is -1.58. The van der Waals surface area contributed by atoms with E-state index in [1.165, 1.54) is 6.92 Å². The molecule has 1 unspecified atom stereocenters. The summed E-state index contributed by atoms with van der Waals surface area (Å²) in [5.41, 5.74) is 1.95. The molecular weight excluding hydrogens is 218 g/mol. The van der Waals surface area contributed by atoms with Gasteiger partial charge in [0.1, 0.15) is 11.9 Å². The van der Waals surface area contributed by atoms with Gasteiger partial charge in [0.05, 0.1) is 12.3 Å². The average Bonchev–Trinajstić information content (AvgIpc) is 2.30. The molecule has 2 rings (SSSR count). The second-order valence-corrected chi connectivity index (χ2v) is 4.10. The van der Waals surface area contributed by atoms with Crippen molar-refractivity contribution in [1.82, 2.24) is 4.98 Å². The predicted octanol–water partition coefficient (Wildman–Crippen LogP) is 2.42. The normalized spacial score (nSPS) is 18.4. The molecule has 4 nitrogen and oxygen atoms in total. The molecule has 0 saturated heterocycles. The summed E-state index contributed by atoms with van der Waals surface area (Å²) in [6.07, 6.45) is 4.28. The van der Waals surface area contributed by atoms with Gasteiger partial charge in [-0.2, -0.15) is 0 Å². The highest BCUT2D eigenvalue weighted by Gasteiger charge is 2.26. The number of aromatic nitrogens is 1. The molecule has 0 spiro atoms. The predicted molar refractivity (Wildman–Crippen MR) is 62.9 cm³/mol. The molecule has 1 aliphatic carbocycles. The lowest BCUT2D eigenvalue weighted by atomic mass is 9.93. The van der Waals surface area contributed by atoms with Gasteiger partial charge in [-0.1, -0.05) is 0 Å². The summed E-state index contributed by atoms with van der Waals surface area (Å²) in [7, 11) is 0. The van der Waals surface area contributed by atoms with Crippen molar-refractivity contribution in [3.8, 4) is 5.75 Å². The van der Waals surface area contributed by atoms with E-state index < -0.39 is 0 Å². The number of nitrogens with zero attached hydrogens (tertiary/aromatic N) is 1. The van der Waals surface area contributed by atoms with E-state index in [2.05, 4.69) is 4.98 Å². The van der Waals surface area contributed by atoms with E-state index in [0.29, 0.717) is 6.61 Å². The maximum atomic E-state index is 11.1. The second-order valence-electron chi connectivity index (χ2n) is 4.10. The summed E-state index contributed by atoms with van der Waals surface area (Å²) < 4.78 is 10.9. The van der Waals surface area contributed by atoms with Crippen molar-refractivity contribution < 1.29 is 14.3 Å². The number of hydrogen-bond donors (Lipinski definition) is 0. The van der Waals surface area contributed by atoms with Gasteiger partial charge in [0.2, 0.25) is 0 Å². The highest BCUT2D eigenvalue weighted by atomic mass is 16.5. The first kappa shape index (κ1) is 11.9. The number of pyridine rings is 1. The fourth-order valence-electron chi connectivity index (χ4n) is 2.23. The van der Waals surface area contributed by atoms with Crippen LogP contribution in [0.4, 0.5) is 0 Å². The third-order valence-corrected chi connectivity index (χ3v) is 2.85. The number of esters is 1. The Kier molecular flexibility index (Phi) is 3.61. The van der Waals surface area contributed by atoms with Gasteiger partial charge in [0, 0.05) is 18.7 Å². The van der Waals surface area contributed by atoms with Crippen LogP contribution >= 0.6 is 0 Å². The van der Waals surface area contributed by atoms with E-state index in [1.54, 1.807) is 6.20 Å². The summed E-state index contributed by atoms with van der Waals surface area (Å²) in [6, 6.07) is 1.87. The monoisotopic (exact) mass is 235 g/mol. The van der Waals surface area contributed by atoms with Crippen LogP contribution in [-0.4, -0.2) is 17.6 Å². The molecule has 1 aromatic rings. The van der Waals surface area contributed by atoms with E-state index in [-0.39, 0.29) is 12.1 Å². The van der Waals surface area contributed by atoms with Gasteiger partial charge in [-0.05, 0) is 32.3 Å². The molecule has 0 aromatic carbocycles. The van der Waals surface area contributed by atoms with Gasteiger partial charge in [-0.3, -0.25) is 9.78 Å². The van der Waals surface area contributed by atoms with E-state index in [9.17, 15) is 4.79 Å². The quantitative estimate of drug-likeness (QED) is 0.755. The third-order valence-electron chi connectivity index (χ3n) is 2.85. The van der Waals surface area contributed by atoms with Crippen LogP contribution in [0.2, 0.25) is 0 Å². The Morgan fingerprint density at radius 3 is 3.12 bits per heavy atom. The van der Waals surface area contributed by atoms with Crippen LogP contribution in [0.25, 0.3) is 0 Å². The first-order valence-electron chi connectivity index (χ1n) is 6.00. The fraction of sp³-hybridized carbons (Fsp3) is 0.538. The first-order valence-corrected chi connectivity index (χ1v) is 6.00. The van der Waals surface area contributed by atoms with Crippen molar-refractivity contribution in [1.29, 1.82) is 0 Å². The van der Waals surface area contributed by atoms with Crippen LogP contribution < -0.4 is 4.74 Å². The Morgan fingerprint density at radius 2 is 2.41 bits per heavy atom. The molecule has 0 amide bonds. The molecule has 1 aromatic heterocycles. The highest BCUT2D eigenvalue weighted by molar-refractivity contribution is 5.66. The van der Waals surface area contributed by atoms with E-state index in [4.69, 9.17) is 9.47 Å². The molecule has 0 aliphatic heterocycles. The molecule has 17 heavy (non-hydrogen) atoms. The van der Waals surface area contributed by atoms with E-state index in [1.807, 2.05) is 13.0 Å². The Labute approximate surface area is 101 Å². The van der Waals surface area contributed by atoms with Crippen LogP contribution in [0.5, 0.6) is 5.75 Å². The van der Waals surface area contributed by atoms with Gasteiger partial charge < -0.3 is 9.47 Å². The fourth-order valence-corrected chi connectivity index (χ4v) is 2.23. The molecule has 0 N–H and O–H groups in total. The number of ether oxygens (including phenoxy) is 2. The van der Waals surface area contributed by atoms with Gasteiger partial charge in [0.25, 0.3) is 0 Å². The minimum atomic E-state index is -0.258. The van der Waals surface area contributed by atoms with Crippen LogP contribution in [0.3, 0.4) is 0 Å². The zero-order chi connectivity index (χ0) is 12.3. The topological polar surface area (TPSA) is 48.4 Å². The molecule has 1 aliphatic rings. The summed E-state index contributed by atoms with van der Waals surface area (Å²) in [4.78, 5) is 15.4. The summed E-state index contributed by atoms with van der Waals surface area (Å²) in [5.74, 6) is 0.612. The average molecular weight is 235 g/mol. The first-order chi connectivity index (χ1) is 8.22. The Bertz CT molecular complexity index is 417. The Balaban J connectivity index is 2.31. The van der Waals surface area contributed by atoms with Gasteiger partial charge in [-0.25, -0.2) is 0 Å². The minimum Gasteiger partial charge on any atom is -0.493 e. The number of fused-ring (bicyclic) bond motifs is 1. The van der Waals surface area contributed by atoms with Crippen molar-refractivity contribution in [2.75, 3.05) is 6.61 Å². The molecule has 0 saturated carbocycles. The van der Waals surface area contributed by atoms with Gasteiger partial charge in [-0.15, -0.1) is 0 Å². The number of carbonyl (C=O) groups is 1. The van der Waals surface area contributed by atoms with Gasteiger partial charge >= 0.3 is 5.97 Å². The maximum absolute atomic E-state index is 11.1. The van der Waals surface area contributed by atoms with Crippen molar-refractivity contribution in [2.45, 2.75) is 39.2 Å². The van der Waals surface area contributed by atoms with Crippen molar-refractivity contribution >= 4 is 5.97 Å². The zero-order valence-corrected chi connectivity index (χ0v) is 10.2. The largest absolute Gasteiger partial charge is 0.493 e. The molecule has 1 atom stereocenters. The lowest BCUT2D eigenvalue weighted by Gasteiger charge is -2.25. The van der Waals surface area contributed by atoms with Crippen LogP contribution in [0.1, 0.15) is 44.1 Å². The van der Waals surface area contributed by atoms with Crippen molar-refractivity contribution in [3.05, 3.63) is 23.5 Å². The lowest BCUT2D eigenvalue weighted by molar-refractivity contribution is -0.147.